The van der Waals surface area contributed by atoms with Crippen LogP contribution in [0, 0.1) is 10.8 Å². The van der Waals surface area contributed by atoms with E-state index in [2.05, 4.69) is 86.7 Å². The van der Waals surface area contributed by atoms with Gasteiger partial charge in [0.05, 0.1) is 5.41 Å². The Balaban J connectivity index is 0.000000137. The molecule has 0 heterocycles. The molecular formula is C40H38O2. The summed E-state index contributed by atoms with van der Waals surface area (Å²) < 4.78 is 0. The van der Waals surface area contributed by atoms with Crippen molar-refractivity contribution in [2.45, 2.75) is 64.7 Å². The molecule has 0 N–H and O–H groups in total. The summed E-state index contributed by atoms with van der Waals surface area (Å²) in [5, 5.41) is 0. The van der Waals surface area contributed by atoms with Gasteiger partial charge < -0.3 is 0 Å². The number of fused-ring (bicyclic) bond motifs is 4. The highest BCUT2D eigenvalue weighted by atomic mass is 16.1. The van der Waals surface area contributed by atoms with Crippen molar-refractivity contribution in [3.63, 3.8) is 0 Å². The minimum absolute atomic E-state index is 0.212. The number of Topliss-reactive ketones (excluding diaryl/α,β-unsaturated/α-hetero) is 2. The van der Waals surface area contributed by atoms with Crippen LogP contribution in [0.1, 0.15) is 93.1 Å². The van der Waals surface area contributed by atoms with Crippen LogP contribution in [0.2, 0.25) is 0 Å². The van der Waals surface area contributed by atoms with Gasteiger partial charge >= 0.3 is 0 Å². The monoisotopic (exact) mass is 550 g/mol. The fraction of sp³-hybridized carbons (Fsp3) is 0.300. The summed E-state index contributed by atoms with van der Waals surface area (Å²) in [7, 11) is 0. The van der Waals surface area contributed by atoms with Crippen molar-refractivity contribution in [3.05, 3.63) is 148 Å². The molecule has 4 aromatic rings. The van der Waals surface area contributed by atoms with E-state index in [1.165, 1.54) is 39.0 Å². The third kappa shape index (κ3) is 3.91. The first-order valence-corrected chi connectivity index (χ1v) is 15.6. The first-order chi connectivity index (χ1) is 20.5. The topological polar surface area (TPSA) is 34.1 Å². The highest BCUT2D eigenvalue weighted by Crippen LogP contribution is 2.54. The Kier molecular flexibility index (Phi) is 6.61. The van der Waals surface area contributed by atoms with Crippen LogP contribution in [0.4, 0.5) is 0 Å². The van der Waals surface area contributed by atoms with Crippen molar-refractivity contribution in [3.8, 4) is 0 Å². The SMILES string of the molecule is CCC1(C2=CCc3ccccc32)Cc2ccccc2C1=O.CCC1(C2CCc3ccccc32)Cc2ccccc2C1=O. The molecule has 8 rings (SSSR count). The summed E-state index contributed by atoms with van der Waals surface area (Å²) in [6.45, 7) is 4.33. The maximum atomic E-state index is 13.1. The molecular weight excluding hydrogens is 512 g/mol. The van der Waals surface area contributed by atoms with Crippen LogP contribution < -0.4 is 0 Å². The zero-order valence-electron chi connectivity index (χ0n) is 24.7. The van der Waals surface area contributed by atoms with Crippen molar-refractivity contribution in [1.82, 2.24) is 0 Å². The van der Waals surface area contributed by atoms with Crippen molar-refractivity contribution in [2.75, 3.05) is 0 Å². The number of hydrogen-bond donors (Lipinski definition) is 0. The lowest BCUT2D eigenvalue weighted by Gasteiger charge is -2.33. The Bertz CT molecular complexity index is 1740. The molecule has 0 fully saturated rings. The Labute approximate surface area is 249 Å². The van der Waals surface area contributed by atoms with Crippen LogP contribution in [0.15, 0.2) is 103 Å². The summed E-state index contributed by atoms with van der Waals surface area (Å²) in [6, 6.07) is 33.5. The quantitative estimate of drug-likeness (QED) is 0.254. The molecule has 3 atom stereocenters. The molecule has 0 aliphatic heterocycles. The normalized spacial score (nSPS) is 24.8. The predicted molar refractivity (Wildman–Crippen MR) is 170 cm³/mol. The summed E-state index contributed by atoms with van der Waals surface area (Å²) in [5.41, 5.74) is 10.5. The molecule has 210 valence electrons. The molecule has 0 saturated carbocycles. The highest BCUT2D eigenvalue weighted by Gasteiger charge is 2.51. The van der Waals surface area contributed by atoms with Crippen molar-refractivity contribution in [2.24, 2.45) is 10.8 Å². The number of hydrogen-bond acceptors (Lipinski definition) is 2. The average molecular weight is 551 g/mol. The number of rotatable bonds is 4. The zero-order valence-corrected chi connectivity index (χ0v) is 24.7. The highest BCUT2D eigenvalue weighted by molar-refractivity contribution is 6.12. The Morgan fingerprint density at radius 1 is 0.619 bits per heavy atom. The molecule has 0 amide bonds. The van der Waals surface area contributed by atoms with Gasteiger partial charge in [0.25, 0.3) is 0 Å². The Morgan fingerprint density at radius 2 is 1.19 bits per heavy atom. The fourth-order valence-electron chi connectivity index (χ4n) is 8.52. The van der Waals surface area contributed by atoms with Crippen LogP contribution >= 0.6 is 0 Å². The van der Waals surface area contributed by atoms with E-state index in [1.807, 2.05) is 30.3 Å². The van der Waals surface area contributed by atoms with Crippen LogP contribution in [0.5, 0.6) is 0 Å². The predicted octanol–water partition coefficient (Wildman–Crippen LogP) is 9.01. The maximum Gasteiger partial charge on any atom is 0.173 e. The molecule has 0 aromatic heterocycles. The van der Waals surface area contributed by atoms with E-state index in [9.17, 15) is 9.59 Å². The van der Waals surface area contributed by atoms with E-state index in [1.54, 1.807) is 0 Å². The molecule has 0 radical (unpaired) electrons. The second-order valence-corrected chi connectivity index (χ2v) is 12.5. The van der Waals surface area contributed by atoms with Crippen molar-refractivity contribution in [1.29, 1.82) is 0 Å². The molecule has 4 aliphatic carbocycles. The van der Waals surface area contributed by atoms with Gasteiger partial charge in [-0.2, -0.15) is 0 Å². The molecule has 0 saturated heterocycles. The van der Waals surface area contributed by atoms with E-state index >= 15 is 0 Å². The van der Waals surface area contributed by atoms with Gasteiger partial charge in [0.1, 0.15) is 0 Å². The molecule has 2 heteroatoms. The molecule has 0 spiro atoms. The van der Waals surface area contributed by atoms with Crippen LogP contribution in [-0.2, 0) is 25.7 Å². The minimum atomic E-state index is -0.351. The van der Waals surface area contributed by atoms with E-state index in [0.29, 0.717) is 17.5 Å². The number of benzene rings is 4. The van der Waals surface area contributed by atoms with Crippen molar-refractivity contribution < 1.29 is 9.59 Å². The van der Waals surface area contributed by atoms with Gasteiger partial charge in [0.15, 0.2) is 11.6 Å². The maximum absolute atomic E-state index is 13.1. The number of aryl methyl sites for hydroxylation is 1. The van der Waals surface area contributed by atoms with Gasteiger partial charge in [-0.15, -0.1) is 0 Å². The Hall–Kier alpha value is -4.04. The fourth-order valence-corrected chi connectivity index (χ4v) is 8.52. The van der Waals surface area contributed by atoms with E-state index in [-0.39, 0.29) is 10.8 Å². The summed E-state index contributed by atoms with van der Waals surface area (Å²) in [4.78, 5) is 26.3. The molecule has 42 heavy (non-hydrogen) atoms. The standard InChI is InChI=1S/C20H20O.C20H18O/c2*1-2-20(13-15-8-4-6-10-17(15)19(20)21)18-12-11-14-7-3-5-9-16(14)18/h3-10,18H,2,11-13H2,1H3;3-10,12H,2,11,13H2,1H3. The molecule has 3 unspecified atom stereocenters. The van der Waals surface area contributed by atoms with Crippen LogP contribution in [0.3, 0.4) is 0 Å². The first kappa shape index (κ1) is 26.8. The molecule has 4 aromatic carbocycles. The Morgan fingerprint density at radius 3 is 1.83 bits per heavy atom. The first-order valence-electron chi connectivity index (χ1n) is 15.6. The van der Waals surface area contributed by atoms with Gasteiger partial charge in [0, 0.05) is 16.5 Å². The van der Waals surface area contributed by atoms with Gasteiger partial charge in [0.2, 0.25) is 0 Å². The van der Waals surface area contributed by atoms with E-state index < -0.39 is 0 Å². The van der Waals surface area contributed by atoms with Gasteiger partial charge in [-0.05, 0) is 89.8 Å². The summed E-state index contributed by atoms with van der Waals surface area (Å²) in [5.74, 6) is 1.07. The smallest absolute Gasteiger partial charge is 0.173 e. The molecule has 0 bridgehead atoms. The largest absolute Gasteiger partial charge is 0.294 e. The van der Waals surface area contributed by atoms with Crippen LogP contribution in [-0.4, -0.2) is 11.6 Å². The summed E-state index contributed by atoms with van der Waals surface area (Å²) in [6.07, 6.45) is 9.02. The average Bonchev–Trinajstić information content (AvgIpc) is 3.80. The second-order valence-electron chi connectivity index (χ2n) is 12.5. The third-order valence-electron chi connectivity index (χ3n) is 10.8. The van der Waals surface area contributed by atoms with Gasteiger partial charge in [-0.3, -0.25) is 9.59 Å². The zero-order chi connectivity index (χ0) is 28.9. The van der Waals surface area contributed by atoms with Crippen LogP contribution in [0.25, 0.3) is 5.57 Å². The lowest BCUT2D eigenvalue weighted by molar-refractivity contribution is 0.0761. The minimum Gasteiger partial charge on any atom is -0.294 e. The van der Waals surface area contributed by atoms with Gasteiger partial charge in [-0.1, -0.05) is 117 Å². The third-order valence-corrected chi connectivity index (χ3v) is 10.8. The van der Waals surface area contributed by atoms with E-state index in [0.717, 1.165) is 56.1 Å². The molecule has 2 nitrogen and oxygen atoms in total. The molecule has 4 aliphatic rings. The van der Waals surface area contributed by atoms with Gasteiger partial charge in [-0.25, -0.2) is 0 Å². The number of carbonyl (C=O) groups is 2. The second kappa shape index (κ2) is 10.3. The van der Waals surface area contributed by atoms with Crippen molar-refractivity contribution >= 4 is 17.1 Å². The number of ketones is 2. The number of carbonyl (C=O) groups excluding carboxylic acids is 2. The lowest BCUT2D eigenvalue weighted by atomic mass is 9.68. The number of allylic oxidation sites excluding steroid dienone is 2. The summed E-state index contributed by atoms with van der Waals surface area (Å²) >= 11 is 0. The lowest BCUT2D eigenvalue weighted by Crippen LogP contribution is -2.33. The van der Waals surface area contributed by atoms with E-state index in [4.69, 9.17) is 0 Å².